The lowest BCUT2D eigenvalue weighted by Crippen LogP contribution is -2.57. The minimum Gasteiger partial charge on any atom is -0.490 e. The summed E-state index contributed by atoms with van der Waals surface area (Å²) in [4.78, 5) is 14.7. The third-order valence-electron chi connectivity index (χ3n) is 8.63. The molecule has 0 spiro atoms. The molecule has 4 aromatic carbocycles. The minimum absolute atomic E-state index is 0.118. The summed E-state index contributed by atoms with van der Waals surface area (Å²) < 4.78 is 74.3. The van der Waals surface area contributed by atoms with Crippen LogP contribution in [-0.2, 0) is 20.7 Å². The molecular formula is C35H37F2N3O5S. The number of likely N-dealkylation sites (tertiary alicyclic amines) is 1. The molecule has 6 rings (SSSR count). The van der Waals surface area contributed by atoms with Gasteiger partial charge in [-0.05, 0) is 97.8 Å². The zero-order valence-corrected chi connectivity index (χ0v) is 26.1. The maximum atomic E-state index is 16.5. The topological polar surface area (TPSA) is 111 Å². The Bertz CT molecular complexity index is 1790. The lowest BCUT2D eigenvalue weighted by Gasteiger charge is -2.35. The van der Waals surface area contributed by atoms with Crippen molar-refractivity contribution in [3.05, 3.63) is 96.6 Å². The fourth-order valence-electron chi connectivity index (χ4n) is 6.00. The predicted molar refractivity (Wildman–Crippen MR) is 172 cm³/mol. The van der Waals surface area contributed by atoms with Gasteiger partial charge in [0.25, 0.3) is 5.92 Å². The van der Waals surface area contributed by atoms with E-state index in [9.17, 15) is 13.2 Å². The van der Waals surface area contributed by atoms with Gasteiger partial charge < -0.3 is 20.1 Å². The number of nitrogens with one attached hydrogen (secondary N) is 1. The van der Waals surface area contributed by atoms with Crippen molar-refractivity contribution in [3.8, 4) is 17.2 Å². The first-order valence-electron chi connectivity index (χ1n) is 15.6. The first kappa shape index (κ1) is 31.9. The van der Waals surface area contributed by atoms with Crippen LogP contribution < -0.4 is 19.9 Å². The van der Waals surface area contributed by atoms with E-state index in [1.807, 2.05) is 6.07 Å². The number of sulfonamides is 1. The third-order valence-corrected chi connectivity index (χ3v) is 10.1. The van der Waals surface area contributed by atoms with Crippen LogP contribution >= 0.6 is 0 Å². The third kappa shape index (κ3) is 7.16. The molecule has 1 amide bonds. The maximum absolute atomic E-state index is 16.5. The summed E-state index contributed by atoms with van der Waals surface area (Å²) in [6, 6.07) is 21.0. The highest BCUT2D eigenvalue weighted by molar-refractivity contribution is 7.89. The number of hydrogen-bond donors (Lipinski definition) is 2. The standard InChI is InChI=1S/C35H37F2N3O5S/c36-35(37,26-7-6-12-30(23-26)44-28-8-2-1-3-9-28)33(34(41)40-19-17-27(38)18-20-40)39-46(42,43)32-16-14-24-21-31(15-13-25(24)22-32)45-29-10-4-5-11-29/h1-3,6-9,12-16,21-23,27,29,33,39H,4-5,10-11,17-20,38H2/t33-/m0/s1. The van der Waals surface area contributed by atoms with Crippen LogP contribution in [0.15, 0.2) is 95.9 Å². The molecule has 11 heteroatoms. The van der Waals surface area contributed by atoms with E-state index in [1.54, 1.807) is 48.5 Å². The quantitative estimate of drug-likeness (QED) is 0.207. The second kappa shape index (κ2) is 13.4. The van der Waals surface area contributed by atoms with E-state index in [-0.39, 0.29) is 35.9 Å². The Morgan fingerprint density at radius 2 is 1.50 bits per heavy atom. The summed E-state index contributed by atoms with van der Waals surface area (Å²) in [5.74, 6) is -3.72. The molecule has 0 unspecified atom stereocenters. The van der Waals surface area contributed by atoms with Crippen molar-refractivity contribution < 1.29 is 31.5 Å². The molecule has 242 valence electrons. The van der Waals surface area contributed by atoms with Gasteiger partial charge in [-0.1, -0.05) is 42.5 Å². The van der Waals surface area contributed by atoms with E-state index in [4.69, 9.17) is 15.2 Å². The first-order valence-corrected chi connectivity index (χ1v) is 17.1. The largest absolute Gasteiger partial charge is 0.490 e. The number of nitrogens with zero attached hydrogens (tertiary/aromatic N) is 1. The normalized spacial score (nSPS) is 17.2. The van der Waals surface area contributed by atoms with Gasteiger partial charge in [-0.15, -0.1) is 0 Å². The van der Waals surface area contributed by atoms with Gasteiger partial charge in [0.1, 0.15) is 17.2 Å². The maximum Gasteiger partial charge on any atom is 0.298 e. The number of ether oxygens (including phenoxy) is 2. The van der Waals surface area contributed by atoms with Gasteiger partial charge in [-0.25, -0.2) is 8.42 Å². The number of carbonyl (C=O) groups is 1. The average molecular weight is 650 g/mol. The Labute approximate surface area is 267 Å². The molecule has 8 nitrogen and oxygen atoms in total. The highest BCUT2D eigenvalue weighted by Crippen LogP contribution is 2.37. The summed E-state index contributed by atoms with van der Waals surface area (Å²) >= 11 is 0. The molecule has 0 bridgehead atoms. The summed E-state index contributed by atoms with van der Waals surface area (Å²) in [5.41, 5.74) is 5.42. The molecule has 1 heterocycles. The highest BCUT2D eigenvalue weighted by atomic mass is 32.2. The number of benzene rings is 4. The van der Waals surface area contributed by atoms with Crippen LogP contribution in [0.25, 0.3) is 10.8 Å². The van der Waals surface area contributed by atoms with Crippen molar-refractivity contribution >= 4 is 26.7 Å². The van der Waals surface area contributed by atoms with Gasteiger partial charge in [0.15, 0.2) is 6.04 Å². The van der Waals surface area contributed by atoms with E-state index >= 15 is 8.78 Å². The number of alkyl halides is 2. The first-order chi connectivity index (χ1) is 22.1. The van der Waals surface area contributed by atoms with Gasteiger partial charge in [-0.3, -0.25) is 4.79 Å². The average Bonchev–Trinajstić information content (AvgIpc) is 3.57. The number of fused-ring (bicyclic) bond motifs is 1. The fraction of sp³-hybridized carbons (Fsp3) is 0.343. The number of rotatable bonds is 10. The van der Waals surface area contributed by atoms with E-state index in [2.05, 4.69) is 4.72 Å². The summed E-state index contributed by atoms with van der Waals surface area (Å²) in [7, 11) is -4.59. The molecule has 46 heavy (non-hydrogen) atoms. The van der Waals surface area contributed by atoms with Crippen molar-refractivity contribution in [2.24, 2.45) is 5.73 Å². The minimum atomic E-state index is -4.59. The molecule has 2 fully saturated rings. The van der Waals surface area contributed by atoms with Crippen LogP contribution in [0.1, 0.15) is 44.1 Å². The zero-order chi connectivity index (χ0) is 32.3. The Hall–Kier alpha value is -4.06. The monoisotopic (exact) mass is 649 g/mol. The number of piperidine rings is 1. The number of amides is 1. The number of halogens is 2. The SMILES string of the molecule is NC1CCN(C(=O)[C@H](NS(=O)(=O)c2ccc3cc(OC4CCCC4)ccc3c2)C(F)(F)c2cccc(Oc3ccccc3)c2)CC1. The van der Waals surface area contributed by atoms with Crippen LogP contribution in [0.4, 0.5) is 8.78 Å². The molecule has 2 aliphatic rings. The van der Waals surface area contributed by atoms with Gasteiger partial charge in [0, 0.05) is 24.7 Å². The van der Waals surface area contributed by atoms with Crippen LogP contribution in [0, 0.1) is 0 Å². The molecule has 1 atom stereocenters. The Morgan fingerprint density at radius 1 is 0.826 bits per heavy atom. The van der Waals surface area contributed by atoms with Gasteiger partial charge in [-0.2, -0.15) is 13.5 Å². The van der Waals surface area contributed by atoms with Crippen molar-refractivity contribution in [3.63, 3.8) is 0 Å². The van der Waals surface area contributed by atoms with Crippen LogP contribution in [-0.4, -0.2) is 50.5 Å². The molecule has 0 radical (unpaired) electrons. The number of carbonyl (C=O) groups excluding carboxylic acids is 1. The van der Waals surface area contributed by atoms with Crippen molar-refractivity contribution in [2.45, 2.75) is 67.5 Å². The Balaban J connectivity index is 1.29. The zero-order valence-electron chi connectivity index (χ0n) is 25.3. The molecule has 4 aromatic rings. The summed E-state index contributed by atoms with van der Waals surface area (Å²) in [6.45, 7) is 0.291. The van der Waals surface area contributed by atoms with Gasteiger partial charge in [0.2, 0.25) is 15.9 Å². The van der Waals surface area contributed by atoms with Crippen LogP contribution in [0.3, 0.4) is 0 Å². The Morgan fingerprint density at radius 3 is 2.24 bits per heavy atom. The second-order valence-electron chi connectivity index (χ2n) is 12.0. The van der Waals surface area contributed by atoms with E-state index in [0.717, 1.165) is 43.2 Å². The van der Waals surface area contributed by atoms with Crippen molar-refractivity contribution in [2.75, 3.05) is 13.1 Å². The van der Waals surface area contributed by atoms with Crippen LogP contribution in [0.5, 0.6) is 17.2 Å². The number of hydrogen-bond acceptors (Lipinski definition) is 6. The summed E-state index contributed by atoms with van der Waals surface area (Å²) in [5, 5.41) is 1.33. The lowest BCUT2D eigenvalue weighted by atomic mass is 9.98. The van der Waals surface area contributed by atoms with Gasteiger partial charge >= 0.3 is 0 Å². The van der Waals surface area contributed by atoms with E-state index in [1.165, 1.54) is 29.2 Å². The van der Waals surface area contributed by atoms with Crippen LogP contribution in [0.2, 0.25) is 0 Å². The van der Waals surface area contributed by atoms with Crippen molar-refractivity contribution in [1.29, 1.82) is 0 Å². The molecule has 1 aliphatic carbocycles. The van der Waals surface area contributed by atoms with Gasteiger partial charge in [0.05, 0.1) is 11.0 Å². The number of nitrogens with two attached hydrogens (primary N) is 1. The molecule has 1 aliphatic heterocycles. The highest BCUT2D eigenvalue weighted by Gasteiger charge is 2.50. The summed E-state index contributed by atoms with van der Waals surface area (Å²) in [6.07, 6.45) is 5.28. The second-order valence-corrected chi connectivity index (χ2v) is 13.7. The molecule has 3 N–H and O–H groups in total. The molecule has 1 saturated carbocycles. The van der Waals surface area contributed by atoms with Crippen molar-refractivity contribution in [1.82, 2.24) is 9.62 Å². The smallest absolute Gasteiger partial charge is 0.298 e. The lowest BCUT2D eigenvalue weighted by molar-refractivity contribution is -0.145. The molecule has 1 saturated heterocycles. The number of para-hydroxylation sites is 1. The predicted octanol–water partition coefficient (Wildman–Crippen LogP) is 6.34. The van der Waals surface area contributed by atoms with E-state index in [0.29, 0.717) is 29.7 Å². The Kier molecular flexibility index (Phi) is 9.26. The molecular weight excluding hydrogens is 612 g/mol. The fourth-order valence-corrected chi connectivity index (χ4v) is 7.23. The van der Waals surface area contributed by atoms with E-state index < -0.39 is 33.5 Å². The molecule has 0 aromatic heterocycles.